The monoisotopic (exact) mass is 659 g/mol. The third-order valence-electron chi connectivity index (χ3n) is 9.47. The largest absolute Gasteiger partial charge is 0.491 e. The third kappa shape index (κ3) is 7.63. The van der Waals surface area contributed by atoms with Gasteiger partial charge in [-0.05, 0) is 66.9 Å². The van der Waals surface area contributed by atoms with Crippen LogP contribution in [0.1, 0.15) is 29.7 Å². The average molecular weight is 660 g/mol. The molecule has 2 unspecified atom stereocenters. The maximum absolute atomic E-state index is 13.3. The fourth-order valence-electron chi connectivity index (χ4n) is 6.73. The van der Waals surface area contributed by atoms with E-state index < -0.39 is 0 Å². The number of benzene rings is 2. The molecule has 1 saturated heterocycles. The number of aromatic amines is 1. The van der Waals surface area contributed by atoms with Gasteiger partial charge < -0.3 is 19.7 Å². The van der Waals surface area contributed by atoms with Gasteiger partial charge in [0.2, 0.25) is 11.8 Å². The van der Waals surface area contributed by atoms with E-state index in [9.17, 15) is 9.59 Å². The number of hydrogen-bond donors (Lipinski definition) is 2. The summed E-state index contributed by atoms with van der Waals surface area (Å²) in [5.74, 6) is 1.49. The van der Waals surface area contributed by atoms with Crippen LogP contribution >= 0.6 is 0 Å². The lowest BCUT2D eigenvalue weighted by Gasteiger charge is -2.28. The predicted octanol–water partition coefficient (Wildman–Crippen LogP) is 4.25. The quantitative estimate of drug-likeness (QED) is 0.229. The van der Waals surface area contributed by atoms with Crippen molar-refractivity contribution in [2.75, 3.05) is 53.0 Å². The van der Waals surface area contributed by atoms with Crippen molar-refractivity contribution in [3.8, 4) is 28.4 Å². The van der Waals surface area contributed by atoms with Gasteiger partial charge in [-0.15, -0.1) is 0 Å². The Bertz CT molecular complexity index is 1820. The van der Waals surface area contributed by atoms with Crippen LogP contribution in [0.5, 0.6) is 5.75 Å². The van der Waals surface area contributed by atoms with Crippen molar-refractivity contribution >= 4 is 23.5 Å². The predicted molar refractivity (Wildman–Crippen MR) is 187 cm³/mol. The summed E-state index contributed by atoms with van der Waals surface area (Å²) in [5, 5.41) is 10.9. The second-order valence-electron chi connectivity index (χ2n) is 12.7. The molecule has 1 fully saturated rings. The molecule has 0 bridgehead atoms. The number of nitrogens with one attached hydrogen (secondary N) is 2. The summed E-state index contributed by atoms with van der Waals surface area (Å²) in [7, 11) is 1.65. The lowest BCUT2D eigenvalue weighted by Crippen LogP contribution is -2.43. The number of methoxy groups -OCH3 is 1. The first-order chi connectivity index (χ1) is 24.0. The van der Waals surface area contributed by atoms with Crippen LogP contribution in [0.25, 0.3) is 34.3 Å². The molecule has 2 amide bonds. The number of ether oxygens (including phenoxy) is 2. The summed E-state index contributed by atoms with van der Waals surface area (Å²) in [5.41, 5.74) is 7.29. The maximum atomic E-state index is 13.3. The van der Waals surface area contributed by atoms with E-state index in [4.69, 9.17) is 9.47 Å². The summed E-state index contributed by atoms with van der Waals surface area (Å²) in [6, 6.07) is 17.8. The van der Waals surface area contributed by atoms with E-state index in [1.54, 1.807) is 19.5 Å². The number of nitrogens with zero attached hydrogens (tertiary/aromatic N) is 5. The molecule has 11 nitrogen and oxygen atoms in total. The van der Waals surface area contributed by atoms with Gasteiger partial charge in [0, 0.05) is 62.2 Å². The van der Waals surface area contributed by atoms with Crippen LogP contribution in [-0.4, -0.2) is 101 Å². The maximum Gasteiger partial charge on any atom is 0.237 e. The van der Waals surface area contributed by atoms with Crippen molar-refractivity contribution in [3.63, 3.8) is 0 Å². The van der Waals surface area contributed by atoms with Crippen LogP contribution in [0.2, 0.25) is 0 Å². The average Bonchev–Trinajstić information content (AvgIpc) is 3.80. The van der Waals surface area contributed by atoms with Crippen LogP contribution in [0.3, 0.4) is 0 Å². The van der Waals surface area contributed by atoms with Gasteiger partial charge in [0.15, 0.2) is 5.82 Å². The first-order valence-electron chi connectivity index (χ1n) is 16.9. The highest BCUT2D eigenvalue weighted by Crippen LogP contribution is 2.30. The lowest BCUT2D eigenvalue weighted by atomic mass is 9.94. The number of rotatable bonds is 11. The highest BCUT2D eigenvalue weighted by atomic mass is 16.5. The van der Waals surface area contributed by atoms with Gasteiger partial charge in [-0.2, -0.15) is 5.10 Å². The number of H-pyrrole nitrogens is 1. The molecule has 2 N–H and O–H groups in total. The van der Waals surface area contributed by atoms with Gasteiger partial charge in [0.05, 0.1) is 36.5 Å². The SMILES string of the molecule is COCCOc1ccc(-c2n[nH]c3c2CC(NC(=O)C2CCN(CC(=O)N4CC=C(c5ccc(-c6ncccn6)cc5)CC4)C2)C=C3)cc1. The minimum absolute atomic E-state index is 0.0334. The molecule has 0 radical (unpaired) electrons. The van der Waals surface area contributed by atoms with Crippen molar-refractivity contribution in [3.05, 3.63) is 96.0 Å². The smallest absolute Gasteiger partial charge is 0.237 e. The molecule has 4 heterocycles. The normalized spacial score (nSPS) is 19.0. The van der Waals surface area contributed by atoms with E-state index >= 15 is 0 Å². The number of aromatic nitrogens is 4. The molecule has 49 heavy (non-hydrogen) atoms. The lowest BCUT2D eigenvalue weighted by molar-refractivity contribution is -0.132. The third-order valence-corrected chi connectivity index (χ3v) is 9.47. The Morgan fingerprint density at radius 2 is 1.76 bits per heavy atom. The molecule has 0 saturated carbocycles. The summed E-state index contributed by atoms with van der Waals surface area (Å²) < 4.78 is 10.7. The van der Waals surface area contributed by atoms with Crippen LogP contribution in [-0.2, 0) is 20.7 Å². The molecule has 0 spiro atoms. The number of amides is 2. The molecular formula is C38H41N7O4. The van der Waals surface area contributed by atoms with Crippen LogP contribution in [0.4, 0.5) is 0 Å². The molecule has 252 valence electrons. The van der Waals surface area contributed by atoms with Crippen molar-refractivity contribution in [1.82, 2.24) is 35.3 Å². The standard InChI is InChI=1S/C38H41N7O4/c1-48-21-22-49-32-10-7-28(8-11-32)36-33-23-31(9-12-34(33)42-43-36)41-38(47)30-13-18-44(24-30)25-35(46)45-19-14-27(15-20-45)26-3-5-29(6-4-26)37-39-16-2-17-40-37/h2-12,14,16-17,30-31H,13,15,18-25H2,1H3,(H,41,47)(H,42,43). The van der Waals surface area contributed by atoms with Gasteiger partial charge in [-0.3, -0.25) is 19.6 Å². The second kappa shape index (κ2) is 15.0. The molecule has 7 rings (SSSR count). The second-order valence-corrected chi connectivity index (χ2v) is 12.7. The zero-order chi connectivity index (χ0) is 33.6. The van der Waals surface area contributed by atoms with Gasteiger partial charge in [0.1, 0.15) is 12.4 Å². The zero-order valence-electron chi connectivity index (χ0n) is 27.7. The van der Waals surface area contributed by atoms with Crippen molar-refractivity contribution < 1.29 is 19.1 Å². The Morgan fingerprint density at radius 3 is 2.51 bits per heavy atom. The number of fused-ring (bicyclic) bond motifs is 1. The summed E-state index contributed by atoms with van der Waals surface area (Å²) in [6.07, 6.45) is 11.9. The first-order valence-corrected chi connectivity index (χ1v) is 16.9. The molecule has 2 atom stereocenters. The molecule has 4 aromatic rings. The molecule has 1 aliphatic carbocycles. The fraction of sp³-hybridized carbons (Fsp3) is 0.342. The zero-order valence-corrected chi connectivity index (χ0v) is 27.7. The van der Waals surface area contributed by atoms with Gasteiger partial charge in [-0.1, -0.05) is 36.4 Å². The van der Waals surface area contributed by atoms with E-state index in [1.165, 1.54) is 5.57 Å². The Balaban J connectivity index is 0.877. The Labute approximate surface area is 286 Å². The number of carbonyl (C=O) groups is 2. The molecular weight excluding hydrogens is 618 g/mol. The van der Waals surface area contributed by atoms with Crippen molar-refractivity contribution in [2.45, 2.75) is 25.3 Å². The topological polar surface area (TPSA) is 126 Å². The van der Waals surface area contributed by atoms with E-state index in [2.05, 4.69) is 48.6 Å². The fourth-order valence-corrected chi connectivity index (χ4v) is 6.73. The molecule has 2 aliphatic heterocycles. The molecule has 11 heteroatoms. The minimum atomic E-state index is -0.144. The van der Waals surface area contributed by atoms with Crippen LogP contribution in [0, 0.1) is 5.92 Å². The van der Waals surface area contributed by atoms with Crippen molar-refractivity contribution in [1.29, 1.82) is 0 Å². The Hall–Kier alpha value is -5.13. The van der Waals surface area contributed by atoms with Gasteiger partial charge in [-0.25, -0.2) is 9.97 Å². The minimum Gasteiger partial charge on any atom is -0.491 e. The van der Waals surface area contributed by atoms with Crippen LogP contribution in [0.15, 0.2) is 79.1 Å². The number of carbonyl (C=O) groups excluding carboxylic acids is 2. The molecule has 2 aromatic carbocycles. The Morgan fingerprint density at radius 1 is 0.980 bits per heavy atom. The summed E-state index contributed by atoms with van der Waals surface area (Å²) >= 11 is 0. The highest BCUT2D eigenvalue weighted by Gasteiger charge is 2.32. The van der Waals surface area contributed by atoms with Gasteiger partial charge in [0.25, 0.3) is 0 Å². The first kappa shape index (κ1) is 32.4. The van der Waals surface area contributed by atoms with E-state index in [1.807, 2.05) is 59.5 Å². The summed E-state index contributed by atoms with van der Waals surface area (Å²) in [4.78, 5) is 39.2. The number of likely N-dealkylation sites (tertiary alicyclic amines) is 1. The van der Waals surface area contributed by atoms with E-state index in [0.29, 0.717) is 51.6 Å². The van der Waals surface area contributed by atoms with Crippen LogP contribution < -0.4 is 10.1 Å². The highest BCUT2D eigenvalue weighted by molar-refractivity contribution is 5.82. The van der Waals surface area contributed by atoms with E-state index in [0.717, 1.165) is 58.8 Å². The van der Waals surface area contributed by atoms with Crippen molar-refractivity contribution in [2.24, 2.45) is 5.92 Å². The molecule has 2 aromatic heterocycles. The molecule has 3 aliphatic rings. The van der Waals surface area contributed by atoms with E-state index in [-0.39, 0.29) is 23.8 Å². The Kier molecular flexibility index (Phi) is 9.90. The van der Waals surface area contributed by atoms with Gasteiger partial charge >= 0.3 is 0 Å². The summed E-state index contributed by atoms with van der Waals surface area (Å²) in [6.45, 7) is 3.96. The number of hydrogen-bond acceptors (Lipinski definition) is 8.